The van der Waals surface area contributed by atoms with E-state index in [1.165, 1.54) is 12.1 Å². The minimum absolute atomic E-state index is 0.180. The topological polar surface area (TPSA) is 32.3 Å². The van der Waals surface area contributed by atoms with Crippen LogP contribution in [-0.2, 0) is 0 Å². The summed E-state index contributed by atoms with van der Waals surface area (Å²) in [4.78, 5) is 15.1. The molecule has 1 aliphatic heterocycles. The fourth-order valence-corrected chi connectivity index (χ4v) is 3.86. The lowest BCUT2D eigenvalue weighted by molar-refractivity contribution is 0.102. The third kappa shape index (κ3) is 3.24. The van der Waals surface area contributed by atoms with Crippen LogP contribution >= 0.6 is 23.8 Å². The summed E-state index contributed by atoms with van der Waals surface area (Å²) in [7, 11) is 0. The van der Waals surface area contributed by atoms with Crippen molar-refractivity contribution in [3.63, 3.8) is 0 Å². The number of Topliss-reactive ketones (excluding diaryl/α,β-unsaturated/α-hetero) is 1. The molecule has 0 fully saturated rings. The van der Waals surface area contributed by atoms with Crippen LogP contribution in [0.3, 0.4) is 0 Å². The summed E-state index contributed by atoms with van der Waals surface area (Å²) < 4.78 is 14.6. The maximum Gasteiger partial charge on any atom is 0.193 e. The zero-order chi connectivity index (χ0) is 18.8. The molecule has 1 heterocycles. The Morgan fingerprint density at radius 2 is 1.92 bits per heavy atom. The van der Waals surface area contributed by atoms with E-state index in [-0.39, 0.29) is 16.4 Å². The molecule has 3 nitrogen and oxygen atoms in total. The molecule has 6 heteroatoms. The molecule has 1 atom stereocenters. The molecule has 134 valence electrons. The Morgan fingerprint density at radius 3 is 2.54 bits per heavy atom. The first-order chi connectivity index (χ1) is 12.5. The van der Waals surface area contributed by atoms with Gasteiger partial charge < -0.3 is 10.2 Å². The van der Waals surface area contributed by atoms with Crippen molar-refractivity contribution >= 4 is 34.7 Å². The van der Waals surface area contributed by atoms with E-state index in [4.69, 9.17) is 23.8 Å². The molecule has 0 amide bonds. The zero-order valence-electron chi connectivity index (χ0n) is 14.4. The molecule has 0 bridgehead atoms. The SMILES string of the molecule is CCN1C(=S)NC(c2c(F)cccc2Cl)C(C(=O)c2ccccc2)=C1C. The number of rotatable bonds is 4. The van der Waals surface area contributed by atoms with Gasteiger partial charge in [0, 0.05) is 34.0 Å². The van der Waals surface area contributed by atoms with Crippen molar-refractivity contribution < 1.29 is 9.18 Å². The molecular weight excluding hydrogens is 371 g/mol. The monoisotopic (exact) mass is 388 g/mol. The van der Waals surface area contributed by atoms with Crippen molar-refractivity contribution in [3.05, 3.63) is 81.8 Å². The van der Waals surface area contributed by atoms with Gasteiger partial charge in [-0.05, 0) is 38.2 Å². The summed E-state index contributed by atoms with van der Waals surface area (Å²) in [5.74, 6) is -0.658. The van der Waals surface area contributed by atoms with Crippen LogP contribution in [0.15, 0.2) is 59.8 Å². The van der Waals surface area contributed by atoms with Gasteiger partial charge in [-0.2, -0.15) is 0 Å². The number of allylic oxidation sites excluding steroid dienone is 1. The van der Waals surface area contributed by atoms with Gasteiger partial charge in [-0.1, -0.05) is 48.0 Å². The fourth-order valence-electron chi connectivity index (χ4n) is 3.20. The second-order valence-electron chi connectivity index (χ2n) is 5.96. The zero-order valence-corrected chi connectivity index (χ0v) is 16.0. The highest BCUT2D eigenvalue weighted by atomic mass is 35.5. The molecule has 3 rings (SSSR count). The lowest BCUT2D eigenvalue weighted by Crippen LogP contribution is -2.47. The number of halogens is 2. The minimum Gasteiger partial charge on any atom is -0.351 e. The third-order valence-electron chi connectivity index (χ3n) is 4.48. The van der Waals surface area contributed by atoms with Crippen molar-refractivity contribution in [2.45, 2.75) is 19.9 Å². The van der Waals surface area contributed by atoms with Gasteiger partial charge in [0.25, 0.3) is 0 Å². The quantitative estimate of drug-likeness (QED) is 0.597. The highest BCUT2D eigenvalue weighted by Crippen LogP contribution is 2.37. The average molecular weight is 389 g/mol. The molecule has 0 saturated heterocycles. The van der Waals surface area contributed by atoms with Crippen molar-refractivity contribution in [3.8, 4) is 0 Å². The van der Waals surface area contributed by atoms with Gasteiger partial charge in [0.05, 0.1) is 6.04 Å². The summed E-state index contributed by atoms with van der Waals surface area (Å²) in [5, 5.41) is 3.80. The molecule has 1 aliphatic rings. The van der Waals surface area contributed by atoms with E-state index in [0.717, 1.165) is 0 Å². The molecule has 26 heavy (non-hydrogen) atoms. The van der Waals surface area contributed by atoms with Crippen LogP contribution in [0.5, 0.6) is 0 Å². The number of nitrogens with zero attached hydrogens (tertiary/aromatic N) is 1. The second kappa shape index (κ2) is 7.56. The van der Waals surface area contributed by atoms with Crippen LogP contribution in [0.4, 0.5) is 4.39 Å². The number of carbonyl (C=O) groups is 1. The molecule has 1 N–H and O–H groups in total. The predicted molar refractivity (Wildman–Crippen MR) is 106 cm³/mol. The molecule has 0 spiro atoms. The molecule has 0 radical (unpaired) electrons. The first kappa shape index (κ1) is 18.5. The first-order valence-corrected chi connectivity index (χ1v) is 9.06. The number of nitrogens with one attached hydrogen (secondary N) is 1. The van der Waals surface area contributed by atoms with E-state index in [1.807, 2.05) is 24.8 Å². The Balaban J connectivity index is 2.21. The second-order valence-corrected chi connectivity index (χ2v) is 6.75. The molecule has 2 aromatic carbocycles. The van der Waals surface area contributed by atoms with Gasteiger partial charge in [0.15, 0.2) is 10.9 Å². The van der Waals surface area contributed by atoms with Gasteiger partial charge in [-0.3, -0.25) is 4.79 Å². The van der Waals surface area contributed by atoms with E-state index in [0.29, 0.717) is 28.5 Å². The van der Waals surface area contributed by atoms with Crippen LogP contribution in [0.25, 0.3) is 0 Å². The molecule has 0 saturated carbocycles. The third-order valence-corrected chi connectivity index (χ3v) is 5.15. The average Bonchev–Trinajstić information content (AvgIpc) is 2.62. The Morgan fingerprint density at radius 1 is 1.23 bits per heavy atom. The molecule has 0 aliphatic carbocycles. The van der Waals surface area contributed by atoms with Gasteiger partial charge in [-0.15, -0.1) is 0 Å². The Kier molecular flexibility index (Phi) is 5.39. The van der Waals surface area contributed by atoms with Crippen LogP contribution in [-0.4, -0.2) is 22.3 Å². The smallest absolute Gasteiger partial charge is 0.193 e. The number of benzene rings is 2. The Labute approximate surface area is 162 Å². The largest absolute Gasteiger partial charge is 0.351 e. The summed E-state index contributed by atoms with van der Waals surface area (Å²) in [6, 6.07) is 12.7. The van der Waals surface area contributed by atoms with Crippen LogP contribution < -0.4 is 5.32 Å². The van der Waals surface area contributed by atoms with Crippen LogP contribution in [0.2, 0.25) is 5.02 Å². The van der Waals surface area contributed by atoms with Gasteiger partial charge >= 0.3 is 0 Å². The number of thiocarbonyl (C=S) groups is 1. The summed E-state index contributed by atoms with van der Waals surface area (Å²) >= 11 is 11.7. The highest BCUT2D eigenvalue weighted by Gasteiger charge is 2.36. The predicted octanol–water partition coefficient (Wildman–Crippen LogP) is 4.89. The van der Waals surface area contributed by atoms with Crippen molar-refractivity contribution in [2.75, 3.05) is 6.54 Å². The van der Waals surface area contributed by atoms with Crippen molar-refractivity contribution in [2.24, 2.45) is 0 Å². The number of ketones is 1. The van der Waals surface area contributed by atoms with E-state index in [9.17, 15) is 9.18 Å². The standard InChI is InChI=1S/C20H18ClFN2OS/c1-3-24-12(2)16(19(25)13-8-5-4-6-9-13)18(23-20(24)26)17-14(21)10-7-11-15(17)22/h4-11,18H,3H2,1-2H3,(H,23,26). The maximum atomic E-state index is 14.6. The fraction of sp³-hybridized carbons (Fsp3) is 0.200. The van der Waals surface area contributed by atoms with Crippen molar-refractivity contribution in [1.29, 1.82) is 0 Å². The number of carbonyl (C=O) groups excluding carboxylic acids is 1. The number of hydrogen-bond acceptors (Lipinski definition) is 2. The van der Waals surface area contributed by atoms with Gasteiger partial charge in [-0.25, -0.2) is 4.39 Å². The van der Waals surface area contributed by atoms with Crippen molar-refractivity contribution in [1.82, 2.24) is 10.2 Å². The Hall–Kier alpha value is -2.24. The van der Waals surface area contributed by atoms with Gasteiger partial charge in [0.2, 0.25) is 0 Å². The molecule has 2 aromatic rings. The van der Waals surface area contributed by atoms with Gasteiger partial charge in [0.1, 0.15) is 5.82 Å². The summed E-state index contributed by atoms with van der Waals surface area (Å²) in [6.45, 7) is 4.37. The highest BCUT2D eigenvalue weighted by molar-refractivity contribution is 7.80. The van der Waals surface area contributed by atoms with E-state index in [2.05, 4.69) is 5.32 Å². The van der Waals surface area contributed by atoms with Crippen LogP contribution in [0, 0.1) is 5.82 Å². The lowest BCUT2D eigenvalue weighted by atomic mass is 9.89. The summed E-state index contributed by atoms with van der Waals surface area (Å²) in [5.41, 5.74) is 1.91. The molecule has 1 unspecified atom stereocenters. The number of hydrogen-bond donors (Lipinski definition) is 1. The van der Waals surface area contributed by atoms with E-state index in [1.54, 1.807) is 30.3 Å². The van der Waals surface area contributed by atoms with Crippen LogP contribution in [0.1, 0.15) is 35.8 Å². The Bertz CT molecular complexity index is 878. The van der Waals surface area contributed by atoms with E-state index < -0.39 is 11.9 Å². The first-order valence-electron chi connectivity index (χ1n) is 8.28. The maximum absolute atomic E-state index is 14.6. The molecule has 0 aromatic heterocycles. The summed E-state index contributed by atoms with van der Waals surface area (Å²) in [6.07, 6.45) is 0. The van der Waals surface area contributed by atoms with E-state index >= 15 is 0 Å². The lowest BCUT2D eigenvalue weighted by Gasteiger charge is -2.37. The normalized spacial score (nSPS) is 17.3. The minimum atomic E-state index is -0.744. The molecular formula is C20H18ClFN2OS.